The van der Waals surface area contributed by atoms with Crippen LogP contribution in [0.2, 0.25) is 0 Å². The number of aromatic nitrogens is 2. The summed E-state index contributed by atoms with van der Waals surface area (Å²) in [6.45, 7) is 6.96. The van der Waals surface area contributed by atoms with Crippen molar-refractivity contribution in [3.63, 3.8) is 0 Å². The second-order valence-electron chi connectivity index (χ2n) is 4.39. The molecule has 2 aromatic heterocycles. The van der Waals surface area contributed by atoms with Gasteiger partial charge in [-0.3, -0.25) is 4.79 Å². The topological polar surface area (TPSA) is 96.2 Å². The van der Waals surface area contributed by atoms with Crippen LogP contribution in [0.4, 0.5) is 0 Å². The lowest BCUT2D eigenvalue weighted by molar-refractivity contribution is 0.0693. The minimum atomic E-state index is -1.28. The van der Waals surface area contributed by atoms with E-state index in [1.807, 2.05) is 13.8 Å². The molecule has 2 N–H and O–H groups in total. The molecule has 0 unspecified atom stereocenters. The van der Waals surface area contributed by atoms with Crippen LogP contribution in [0.25, 0.3) is 11.4 Å². The predicted octanol–water partition coefficient (Wildman–Crippen LogP) is 1.96. The molecule has 0 aromatic carbocycles. The maximum Gasteiger partial charge on any atom is 0.343 e. The molecule has 2 heterocycles. The standard InChI is InChI=1S/C13H14N2O4/c1-5-7(3)19-8(4)9(5)11-14-6(2)10(13(17)18)12(16)15-11/h1-4H3,(H,17,18)(H,14,15,16). The van der Waals surface area contributed by atoms with E-state index in [4.69, 9.17) is 9.52 Å². The van der Waals surface area contributed by atoms with Crippen molar-refractivity contribution >= 4 is 5.97 Å². The highest BCUT2D eigenvalue weighted by atomic mass is 16.4. The normalized spacial score (nSPS) is 10.7. The van der Waals surface area contributed by atoms with Gasteiger partial charge in [0, 0.05) is 5.56 Å². The zero-order chi connectivity index (χ0) is 14.3. The van der Waals surface area contributed by atoms with E-state index in [1.54, 1.807) is 6.92 Å². The molecule has 2 aromatic rings. The Morgan fingerprint density at radius 1 is 1.21 bits per heavy atom. The highest BCUT2D eigenvalue weighted by Crippen LogP contribution is 2.28. The number of hydrogen-bond donors (Lipinski definition) is 2. The number of nitrogens with one attached hydrogen (secondary N) is 1. The average Bonchev–Trinajstić information content (AvgIpc) is 2.51. The number of H-pyrrole nitrogens is 1. The van der Waals surface area contributed by atoms with Crippen molar-refractivity contribution < 1.29 is 14.3 Å². The Bertz CT molecular complexity index is 725. The zero-order valence-corrected chi connectivity index (χ0v) is 11.1. The molecule has 19 heavy (non-hydrogen) atoms. The van der Waals surface area contributed by atoms with Crippen molar-refractivity contribution in [2.75, 3.05) is 0 Å². The largest absolute Gasteiger partial charge is 0.477 e. The van der Waals surface area contributed by atoms with Crippen LogP contribution < -0.4 is 5.56 Å². The third-order valence-corrected chi connectivity index (χ3v) is 3.11. The summed E-state index contributed by atoms with van der Waals surface area (Å²) >= 11 is 0. The van der Waals surface area contributed by atoms with Crippen LogP contribution >= 0.6 is 0 Å². The Hall–Kier alpha value is -2.37. The first kappa shape index (κ1) is 13.1. The molecule has 0 fully saturated rings. The van der Waals surface area contributed by atoms with Gasteiger partial charge < -0.3 is 14.5 Å². The Morgan fingerprint density at radius 2 is 1.84 bits per heavy atom. The molecule has 0 bridgehead atoms. The number of hydrogen-bond acceptors (Lipinski definition) is 4. The first-order valence-corrected chi connectivity index (χ1v) is 5.74. The summed E-state index contributed by atoms with van der Waals surface area (Å²) in [4.78, 5) is 29.4. The fourth-order valence-electron chi connectivity index (χ4n) is 2.10. The summed E-state index contributed by atoms with van der Waals surface area (Å²) in [5.74, 6) is 0.435. The molecule has 2 rings (SSSR count). The summed E-state index contributed by atoms with van der Waals surface area (Å²) in [6, 6.07) is 0. The van der Waals surface area contributed by atoms with Crippen LogP contribution in [0.3, 0.4) is 0 Å². The molecule has 6 nitrogen and oxygen atoms in total. The smallest absolute Gasteiger partial charge is 0.343 e. The SMILES string of the molecule is Cc1nc(-c2c(C)oc(C)c2C)[nH]c(=O)c1C(=O)O. The molecule has 0 amide bonds. The summed E-state index contributed by atoms with van der Waals surface area (Å²) in [7, 11) is 0. The number of carbonyl (C=O) groups is 1. The van der Waals surface area contributed by atoms with Crippen molar-refractivity contribution in [3.8, 4) is 11.4 Å². The number of aryl methyl sites for hydroxylation is 3. The lowest BCUT2D eigenvalue weighted by Crippen LogP contribution is -2.21. The van der Waals surface area contributed by atoms with E-state index in [2.05, 4.69) is 9.97 Å². The molecule has 0 spiro atoms. The van der Waals surface area contributed by atoms with Crippen molar-refractivity contribution in [3.05, 3.63) is 38.7 Å². The van der Waals surface area contributed by atoms with Gasteiger partial charge in [0.1, 0.15) is 22.9 Å². The van der Waals surface area contributed by atoms with E-state index in [-0.39, 0.29) is 11.3 Å². The molecule has 0 saturated heterocycles. The highest BCUT2D eigenvalue weighted by molar-refractivity contribution is 5.88. The number of aromatic amines is 1. The molecule has 0 saturated carbocycles. The Balaban J connectivity index is 2.72. The van der Waals surface area contributed by atoms with Crippen LogP contribution in [0.5, 0.6) is 0 Å². The molecule has 0 radical (unpaired) electrons. The van der Waals surface area contributed by atoms with E-state index >= 15 is 0 Å². The summed E-state index contributed by atoms with van der Waals surface area (Å²) in [5, 5.41) is 8.94. The zero-order valence-electron chi connectivity index (χ0n) is 11.1. The minimum Gasteiger partial charge on any atom is -0.477 e. The molecule has 0 aliphatic carbocycles. The van der Waals surface area contributed by atoms with Gasteiger partial charge in [0.15, 0.2) is 0 Å². The predicted molar refractivity (Wildman–Crippen MR) is 68.5 cm³/mol. The molecular weight excluding hydrogens is 248 g/mol. The van der Waals surface area contributed by atoms with Crippen LogP contribution in [0, 0.1) is 27.7 Å². The molecule has 0 aliphatic heterocycles. The van der Waals surface area contributed by atoms with E-state index in [0.717, 1.165) is 11.3 Å². The van der Waals surface area contributed by atoms with Gasteiger partial charge in [-0.2, -0.15) is 0 Å². The first-order chi connectivity index (χ1) is 8.82. The van der Waals surface area contributed by atoms with Crippen LogP contribution in [0.1, 0.15) is 33.1 Å². The number of furan rings is 1. The molecule has 0 aliphatic rings. The maximum atomic E-state index is 11.8. The lowest BCUT2D eigenvalue weighted by Gasteiger charge is -2.04. The Morgan fingerprint density at radius 3 is 2.26 bits per heavy atom. The number of carboxylic acid groups (broad SMARTS) is 1. The minimum absolute atomic E-state index is 0.184. The molecule has 100 valence electrons. The quantitative estimate of drug-likeness (QED) is 0.862. The van der Waals surface area contributed by atoms with Crippen LogP contribution in [0.15, 0.2) is 9.21 Å². The summed E-state index contributed by atoms with van der Waals surface area (Å²) < 4.78 is 5.48. The maximum absolute atomic E-state index is 11.8. The van der Waals surface area contributed by atoms with E-state index < -0.39 is 11.5 Å². The monoisotopic (exact) mass is 262 g/mol. The second kappa shape index (κ2) is 4.38. The van der Waals surface area contributed by atoms with Crippen molar-refractivity contribution in [2.45, 2.75) is 27.7 Å². The average molecular weight is 262 g/mol. The third kappa shape index (κ3) is 2.05. The van der Waals surface area contributed by atoms with E-state index in [9.17, 15) is 9.59 Å². The molecular formula is C13H14N2O4. The van der Waals surface area contributed by atoms with Gasteiger partial charge >= 0.3 is 5.97 Å². The van der Waals surface area contributed by atoms with Gasteiger partial charge in [0.25, 0.3) is 5.56 Å². The van der Waals surface area contributed by atoms with E-state index in [1.165, 1.54) is 6.92 Å². The third-order valence-electron chi connectivity index (χ3n) is 3.11. The first-order valence-electron chi connectivity index (χ1n) is 5.74. The van der Waals surface area contributed by atoms with Gasteiger partial charge in [0.2, 0.25) is 0 Å². The van der Waals surface area contributed by atoms with Crippen LogP contribution in [-0.2, 0) is 0 Å². The summed E-state index contributed by atoms with van der Waals surface area (Å²) in [6.07, 6.45) is 0. The highest BCUT2D eigenvalue weighted by Gasteiger charge is 2.19. The fourth-order valence-corrected chi connectivity index (χ4v) is 2.10. The molecule has 6 heteroatoms. The fraction of sp³-hybridized carbons (Fsp3) is 0.308. The van der Waals surface area contributed by atoms with Crippen LogP contribution in [-0.4, -0.2) is 21.0 Å². The number of rotatable bonds is 2. The van der Waals surface area contributed by atoms with Gasteiger partial charge in [0.05, 0.1) is 11.3 Å². The van der Waals surface area contributed by atoms with Crippen molar-refractivity contribution in [1.29, 1.82) is 0 Å². The molecule has 0 atom stereocenters. The van der Waals surface area contributed by atoms with Gasteiger partial charge in [-0.25, -0.2) is 9.78 Å². The second-order valence-corrected chi connectivity index (χ2v) is 4.39. The van der Waals surface area contributed by atoms with Gasteiger partial charge in [-0.1, -0.05) is 0 Å². The lowest BCUT2D eigenvalue weighted by atomic mass is 10.1. The van der Waals surface area contributed by atoms with Gasteiger partial charge in [-0.05, 0) is 27.7 Å². The van der Waals surface area contributed by atoms with Crippen molar-refractivity contribution in [1.82, 2.24) is 9.97 Å². The number of nitrogens with zero attached hydrogens (tertiary/aromatic N) is 1. The number of aromatic carboxylic acids is 1. The van der Waals surface area contributed by atoms with E-state index in [0.29, 0.717) is 17.1 Å². The van der Waals surface area contributed by atoms with Gasteiger partial charge in [-0.15, -0.1) is 0 Å². The summed E-state index contributed by atoms with van der Waals surface area (Å²) in [5.41, 5.74) is 0.772. The Kier molecular flexibility index (Phi) is 3.01. The number of carboxylic acids is 1. The van der Waals surface area contributed by atoms with Crippen molar-refractivity contribution in [2.24, 2.45) is 0 Å². The Labute approximate surface area is 109 Å².